The molecule has 0 aromatic heterocycles. The van der Waals surface area contributed by atoms with E-state index < -0.39 is 23.7 Å². The molecule has 2 atom stereocenters. The van der Waals surface area contributed by atoms with Crippen molar-refractivity contribution in [3.8, 4) is 11.5 Å². The van der Waals surface area contributed by atoms with E-state index >= 15 is 0 Å². The fourth-order valence-corrected chi connectivity index (χ4v) is 44.2. The van der Waals surface area contributed by atoms with Crippen molar-refractivity contribution in [2.75, 3.05) is 0 Å². The average molecular weight is 726 g/mol. The van der Waals surface area contributed by atoms with Crippen molar-refractivity contribution in [2.24, 2.45) is 0 Å². The van der Waals surface area contributed by atoms with Crippen LogP contribution in [0.2, 0.25) is 0 Å². The van der Waals surface area contributed by atoms with Gasteiger partial charge in [-0.15, -0.1) is 0 Å². The Bertz CT molecular complexity index is 2090. The van der Waals surface area contributed by atoms with Crippen LogP contribution in [0.1, 0.15) is 29.5 Å². The molecule has 2 unspecified atom stereocenters. The second-order valence-electron chi connectivity index (χ2n) is 12.4. The van der Waals surface area contributed by atoms with Crippen LogP contribution in [0.4, 0.5) is 8.78 Å². The first kappa shape index (κ1) is 30.7. The molecule has 6 aromatic rings. The molecule has 48 heavy (non-hydrogen) atoms. The molecule has 6 aromatic carbocycles. The van der Waals surface area contributed by atoms with Gasteiger partial charge < -0.3 is 0 Å². The van der Waals surface area contributed by atoms with Gasteiger partial charge in [0.05, 0.1) is 0 Å². The molecular weight excluding hydrogens is 694 g/mol. The molecular formula is C42H32F2O2SiZr. The summed E-state index contributed by atoms with van der Waals surface area (Å²) in [6.45, 7) is 0. The number of hydrogen-bond acceptors (Lipinski definition) is 2. The predicted octanol–water partition coefficient (Wildman–Crippen LogP) is 9.28. The van der Waals surface area contributed by atoms with E-state index in [1.807, 2.05) is 12.1 Å². The molecule has 6 heteroatoms. The van der Waals surface area contributed by atoms with Gasteiger partial charge in [0.25, 0.3) is 0 Å². The van der Waals surface area contributed by atoms with E-state index in [1.165, 1.54) is 24.3 Å². The summed E-state index contributed by atoms with van der Waals surface area (Å²) in [4.78, 5) is 0. The van der Waals surface area contributed by atoms with Crippen LogP contribution in [-0.4, -0.2) is 5.43 Å². The molecule has 0 N–H and O–H groups in total. The summed E-state index contributed by atoms with van der Waals surface area (Å²) in [6.07, 6.45) is 8.95. The zero-order chi connectivity index (χ0) is 32.6. The Morgan fingerprint density at radius 1 is 0.438 bits per heavy atom. The van der Waals surface area contributed by atoms with Crippen LogP contribution >= 0.6 is 0 Å². The maximum atomic E-state index is 14.6. The first-order chi connectivity index (χ1) is 23.5. The molecule has 234 valence electrons. The van der Waals surface area contributed by atoms with Crippen LogP contribution in [-0.2, 0) is 18.3 Å². The zero-order valence-electron chi connectivity index (χ0n) is 26.0. The van der Waals surface area contributed by atoms with Gasteiger partial charge in [-0.25, -0.2) is 0 Å². The third kappa shape index (κ3) is 5.06. The van der Waals surface area contributed by atoms with Crippen molar-refractivity contribution < 1.29 is 32.7 Å². The Kier molecular flexibility index (Phi) is 7.94. The number of benzene rings is 6. The standard InChI is InChI=1S/C12H10Si.2C9H7.2C6H5FO.Zr/c1-3-7-11(8-4-1)13-12-9-5-2-6-10-12;2*1-2-5-9-7-3-6-8(9)4-1;2*7-5-1-3-6(8)4-2-5;/h1-10H;2*1-7H;2*1-4,8H;/q;;;;;+2/p-2. The van der Waals surface area contributed by atoms with Crippen LogP contribution < -0.4 is 16.0 Å². The Labute approximate surface area is 281 Å². The van der Waals surface area contributed by atoms with E-state index in [9.17, 15) is 8.78 Å². The molecule has 2 aliphatic rings. The van der Waals surface area contributed by atoms with Gasteiger partial charge in [0.1, 0.15) is 0 Å². The van der Waals surface area contributed by atoms with Gasteiger partial charge in [0.15, 0.2) is 0 Å². The Morgan fingerprint density at radius 2 is 0.812 bits per heavy atom. The number of hydrogen-bond donors (Lipinski definition) is 0. The first-order valence-electron chi connectivity index (χ1n) is 16.1. The van der Waals surface area contributed by atoms with Gasteiger partial charge in [0, 0.05) is 0 Å². The molecule has 0 amide bonds. The zero-order valence-corrected chi connectivity index (χ0v) is 29.5. The summed E-state index contributed by atoms with van der Waals surface area (Å²) in [5.41, 5.74) is 2.46. The van der Waals surface area contributed by atoms with Crippen molar-refractivity contribution in [1.82, 2.24) is 0 Å². The van der Waals surface area contributed by atoms with Crippen LogP contribution in [0, 0.1) is 11.6 Å². The van der Waals surface area contributed by atoms with E-state index in [2.05, 4.69) is 121 Å². The van der Waals surface area contributed by atoms with E-state index in [0.717, 1.165) is 32.6 Å². The molecule has 0 heterocycles. The molecule has 0 fully saturated rings. The third-order valence-corrected chi connectivity index (χ3v) is 40.4. The third-order valence-electron chi connectivity index (χ3n) is 9.68. The summed E-state index contributed by atoms with van der Waals surface area (Å²) < 4.78 is 44.6. The molecule has 0 spiro atoms. The fourth-order valence-electron chi connectivity index (χ4n) is 7.77. The SMILES string of the molecule is Fc1ccc([O][Zr]([O]c2ccc(F)cc2)([CH]2C=Cc3ccccc32)([CH]2C=Cc3ccccc32)=[Si](c2ccccc2)c2ccccc2)cc1. The predicted molar refractivity (Wildman–Crippen MR) is 188 cm³/mol. The monoisotopic (exact) mass is 724 g/mol. The molecule has 0 radical (unpaired) electrons. The Morgan fingerprint density at radius 3 is 1.23 bits per heavy atom. The fraction of sp³-hybridized carbons (Fsp3) is 0.0476. The summed E-state index contributed by atoms with van der Waals surface area (Å²) in [5.74, 6) is 0.416. The van der Waals surface area contributed by atoms with E-state index in [-0.39, 0.29) is 18.9 Å². The van der Waals surface area contributed by atoms with Gasteiger partial charge in [-0.1, -0.05) is 0 Å². The van der Waals surface area contributed by atoms with Gasteiger partial charge in [-0.2, -0.15) is 0 Å². The molecule has 2 aliphatic carbocycles. The minimum atomic E-state index is -5.97. The Balaban J connectivity index is 1.66. The Hall–Kier alpha value is -4.64. The summed E-state index contributed by atoms with van der Waals surface area (Å²) in [6, 6.07) is 50.8. The summed E-state index contributed by atoms with van der Waals surface area (Å²) >= 11 is -5.97. The van der Waals surface area contributed by atoms with E-state index in [1.54, 1.807) is 24.3 Å². The second-order valence-corrected chi connectivity index (χ2v) is 33.8. The summed E-state index contributed by atoms with van der Waals surface area (Å²) in [7, 11) is 0. The molecule has 0 saturated heterocycles. The molecule has 0 bridgehead atoms. The average Bonchev–Trinajstić information content (AvgIpc) is 3.78. The van der Waals surface area contributed by atoms with Crippen LogP contribution in [0.15, 0.2) is 170 Å². The summed E-state index contributed by atoms with van der Waals surface area (Å²) in [5, 5.41) is 2.30. The van der Waals surface area contributed by atoms with Crippen molar-refractivity contribution in [3.63, 3.8) is 0 Å². The van der Waals surface area contributed by atoms with Crippen molar-refractivity contribution in [1.29, 1.82) is 0 Å². The van der Waals surface area contributed by atoms with E-state index in [4.69, 9.17) is 5.63 Å². The van der Waals surface area contributed by atoms with Crippen molar-refractivity contribution in [2.45, 2.75) is 7.25 Å². The quantitative estimate of drug-likeness (QED) is 0.146. The molecule has 2 nitrogen and oxygen atoms in total. The molecule has 0 aliphatic heterocycles. The van der Waals surface area contributed by atoms with Crippen molar-refractivity contribution >= 4 is 28.0 Å². The van der Waals surface area contributed by atoms with Gasteiger partial charge in [-0.3, -0.25) is 0 Å². The van der Waals surface area contributed by atoms with Crippen molar-refractivity contribution in [3.05, 3.63) is 204 Å². The minimum absolute atomic E-state index is 0.271. The number of fused-ring (bicyclic) bond motifs is 2. The van der Waals surface area contributed by atoms with E-state index in [0.29, 0.717) is 11.5 Å². The second kappa shape index (κ2) is 12.4. The van der Waals surface area contributed by atoms with Gasteiger partial charge >= 0.3 is 283 Å². The molecule has 0 saturated carbocycles. The van der Waals surface area contributed by atoms with Crippen LogP contribution in [0.5, 0.6) is 11.5 Å². The van der Waals surface area contributed by atoms with Crippen LogP contribution in [0.25, 0.3) is 12.2 Å². The first-order valence-corrected chi connectivity index (χ1v) is 26.2. The topological polar surface area (TPSA) is 18.5 Å². The van der Waals surface area contributed by atoms with Gasteiger partial charge in [-0.05, 0) is 0 Å². The number of allylic oxidation sites excluding steroid dienone is 2. The maximum absolute atomic E-state index is 14.6. The van der Waals surface area contributed by atoms with Crippen LogP contribution in [0.3, 0.4) is 0 Å². The molecule has 8 rings (SSSR count). The van der Waals surface area contributed by atoms with Gasteiger partial charge in [0.2, 0.25) is 0 Å². The number of rotatable bonds is 8. The normalized spacial score (nSPS) is 16.3. The number of halogens is 2.